The van der Waals surface area contributed by atoms with Crippen molar-refractivity contribution in [2.24, 2.45) is 0 Å². The van der Waals surface area contributed by atoms with Crippen molar-refractivity contribution in [3.8, 4) is 0 Å². The number of anilines is 1. The van der Waals surface area contributed by atoms with Gasteiger partial charge in [-0.2, -0.15) is 0 Å². The molecule has 25 heavy (non-hydrogen) atoms. The van der Waals surface area contributed by atoms with Crippen LogP contribution < -0.4 is 4.72 Å². The minimum Gasteiger partial charge on any atom is -0.323 e. The number of hydrogen-bond donors (Lipinski definition) is 1. The summed E-state index contributed by atoms with van der Waals surface area (Å²) >= 11 is 0. The third kappa shape index (κ3) is 3.69. The lowest BCUT2D eigenvalue weighted by molar-refractivity contribution is 0.602. The summed E-state index contributed by atoms with van der Waals surface area (Å²) in [5, 5.41) is 0. The van der Waals surface area contributed by atoms with E-state index in [1.165, 1.54) is 5.56 Å². The van der Waals surface area contributed by atoms with Crippen LogP contribution in [0.2, 0.25) is 0 Å². The maximum absolute atomic E-state index is 12.0. The Bertz CT molecular complexity index is 977. The fourth-order valence-electron chi connectivity index (χ4n) is 2.86. The Morgan fingerprint density at radius 3 is 2.44 bits per heavy atom. The van der Waals surface area contributed by atoms with Gasteiger partial charge in [0.15, 0.2) is 0 Å². The number of nitrogens with zero attached hydrogens (tertiary/aromatic N) is 2. The predicted octanol–water partition coefficient (Wildman–Crippen LogP) is 3.97. The number of fused-ring (bicyclic) bond motifs is 1. The van der Waals surface area contributed by atoms with Gasteiger partial charge in [0.1, 0.15) is 11.3 Å². The zero-order chi connectivity index (χ0) is 18.0. The van der Waals surface area contributed by atoms with Crippen molar-refractivity contribution in [1.29, 1.82) is 0 Å². The summed E-state index contributed by atoms with van der Waals surface area (Å²) in [5.74, 6) is 1.21. The molecule has 0 atom stereocenters. The second kappa shape index (κ2) is 6.88. The molecule has 2 aromatic carbocycles. The molecule has 0 aliphatic heterocycles. The molecule has 3 rings (SSSR count). The highest BCUT2D eigenvalue weighted by Crippen LogP contribution is 2.28. The minimum atomic E-state index is -3.35. The van der Waals surface area contributed by atoms with E-state index in [0.717, 1.165) is 11.3 Å². The molecule has 0 aliphatic carbocycles. The number of benzene rings is 2. The summed E-state index contributed by atoms with van der Waals surface area (Å²) in [6, 6.07) is 15.8. The van der Waals surface area contributed by atoms with Crippen LogP contribution in [0.25, 0.3) is 11.0 Å². The standard InChI is InChI=1S/C19H23N3O2S/c1-4-25(23,24)21-16-11-8-12-17-18(16)20-19(14(2)3)22(17)13-15-9-6-5-7-10-15/h5-12,14,21H,4,13H2,1-3H3. The summed E-state index contributed by atoms with van der Waals surface area (Å²) < 4.78 is 28.8. The van der Waals surface area contributed by atoms with E-state index in [-0.39, 0.29) is 11.7 Å². The third-order valence-electron chi connectivity index (χ3n) is 4.15. The highest BCUT2D eigenvalue weighted by atomic mass is 32.2. The summed E-state index contributed by atoms with van der Waals surface area (Å²) in [5.41, 5.74) is 3.35. The summed E-state index contributed by atoms with van der Waals surface area (Å²) in [6.07, 6.45) is 0. The van der Waals surface area contributed by atoms with Gasteiger partial charge in [-0.1, -0.05) is 50.2 Å². The smallest absolute Gasteiger partial charge is 0.232 e. The predicted molar refractivity (Wildman–Crippen MR) is 102 cm³/mol. The van der Waals surface area contributed by atoms with Gasteiger partial charge < -0.3 is 4.57 Å². The Balaban J connectivity index is 2.14. The minimum absolute atomic E-state index is 0.0329. The number of rotatable bonds is 6. The number of imidazole rings is 1. The van der Waals surface area contributed by atoms with Crippen LogP contribution >= 0.6 is 0 Å². The van der Waals surface area contributed by atoms with Gasteiger partial charge in [-0.25, -0.2) is 13.4 Å². The zero-order valence-electron chi connectivity index (χ0n) is 14.7. The van der Waals surface area contributed by atoms with E-state index in [9.17, 15) is 8.42 Å². The molecule has 0 spiro atoms. The molecule has 0 aliphatic rings. The first-order valence-corrected chi connectivity index (χ1v) is 10.1. The second-order valence-corrected chi connectivity index (χ2v) is 8.39. The average molecular weight is 357 g/mol. The van der Waals surface area contributed by atoms with Gasteiger partial charge >= 0.3 is 0 Å². The molecule has 1 N–H and O–H groups in total. The van der Waals surface area contributed by atoms with Crippen LogP contribution in [0.3, 0.4) is 0 Å². The van der Waals surface area contributed by atoms with E-state index in [4.69, 9.17) is 4.98 Å². The second-order valence-electron chi connectivity index (χ2n) is 6.38. The molecule has 0 bridgehead atoms. The molecule has 0 amide bonds. The summed E-state index contributed by atoms with van der Waals surface area (Å²) in [7, 11) is -3.35. The van der Waals surface area contributed by atoms with Crippen molar-refractivity contribution in [2.75, 3.05) is 10.5 Å². The first-order valence-electron chi connectivity index (χ1n) is 8.45. The molecule has 0 radical (unpaired) electrons. The molecule has 6 heteroatoms. The number of hydrogen-bond acceptors (Lipinski definition) is 3. The molecular formula is C19H23N3O2S. The fourth-order valence-corrected chi connectivity index (χ4v) is 3.50. The van der Waals surface area contributed by atoms with Gasteiger partial charge in [0.05, 0.1) is 17.0 Å². The fraction of sp³-hybridized carbons (Fsp3) is 0.316. The van der Waals surface area contributed by atoms with Crippen LogP contribution in [0.4, 0.5) is 5.69 Å². The number of sulfonamides is 1. The van der Waals surface area contributed by atoms with Crippen LogP contribution in [-0.2, 0) is 16.6 Å². The van der Waals surface area contributed by atoms with E-state index >= 15 is 0 Å². The van der Waals surface area contributed by atoms with Crippen molar-refractivity contribution < 1.29 is 8.42 Å². The van der Waals surface area contributed by atoms with Gasteiger partial charge in [0.25, 0.3) is 0 Å². The summed E-state index contributed by atoms with van der Waals surface area (Å²) in [4.78, 5) is 4.76. The van der Waals surface area contributed by atoms with Crippen LogP contribution in [0, 0.1) is 0 Å². The molecule has 1 aromatic heterocycles. The first-order chi connectivity index (χ1) is 11.9. The molecule has 0 saturated carbocycles. The molecule has 3 aromatic rings. The quantitative estimate of drug-likeness (QED) is 0.726. The Morgan fingerprint density at radius 2 is 1.80 bits per heavy atom. The Morgan fingerprint density at radius 1 is 1.08 bits per heavy atom. The third-order valence-corrected chi connectivity index (χ3v) is 5.44. The van der Waals surface area contributed by atoms with Gasteiger partial charge in [0.2, 0.25) is 10.0 Å². The normalized spacial score (nSPS) is 12.0. The molecule has 1 heterocycles. The van der Waals surface area contributed by atoms with Crippen molar-refractivity contribution >= 4 is 26.7 Å². The lowest BCUT2D eigenvalue weighted by atomic mass is 10.2. The molecule has 0 saturated heterocycles. The van der Waals surface area contributed by atoms with Crippen LogP contribution in [0.1, 0.15) is 38.1 Å². The van der Waals surface area contributed by atoms with Crippen LogP contribution in [-0.4, -0.2) is 23.7 Å². The highest BCUT2D eigenvalue weighted by Gasteiger charge is 2.18. The maximum Gasteiger partial charge on any atom is 0.232 e. The highest BCUT2D eigenvalue weighted by molar-refractivity contribution is 7.92. The van der Waals surface area contributed by atoms with Crippen molar-refractivity contribution in [3.05, 3.63) is 59.9 Å². The number of para-hydroxylation sites is 1. The maximum atomic E-state index is 12.0. The van der Waals surface area contributed by atoms with E-state index in [1.807, 2.05) is 30.3 Å². The van der Waals surface area contributed by atoms with Gasteiger partial charge in [-0.3, -0.25) is 4.72 Å². The Labute approximate surface area is 148 Å². The Hall–Kier alpha value is -2.34. The number of nitrogens with one attached hydrogen (secondary N) is 1. The van der Waals surface area contributed by atoms with Crippen LogP contribution in [0.15, 0.2) is 48.5 Å². The topological polar surface area (TPSA) is 64.0 Å². The molecule has 132 valence electrons. The average Bonchev–Trinajstić information content (AvgIpc) is 2.96. The SMILES string of the molecule is CCS(=O)(=O)Nc1cccc2c1nc(C(C)C)n2Cc1ccccc1. The van der Waals surface area contributed by atoms with Crippen LogP contribution in [0.5, 0.6) is 0 Å². The van der Waals surface area contributed by atoms with Crippen molar-refractivity contribution in [1.82, 2.24) is 9.55 Å². The molecule has 0 fully saturated rings. The molecule has 5 nitrogen and oxygen atoms in total. The van der Waals surface area contributed by atoms with Gasteiger partial charge in [0, 0.05) is 12.5 Å². The molecule has 0 unspecified atom stereocenters. The van der Waals surface area contributed by atoms with E-state index in [0.29, 0.717) is 17.7 Å². The van der Waals surface area contributed by atoms with Gasteiger partial charge in [-0.15, -0.1) is 0 Å². The van der Waals surface area contributed by atoms with E-state index in [1.54, 1.807) is 13.0 Å². The Kier molecular flexibility index (Phi) is 4.81. The first kappa shape index (κ1) is 17.5. The van der Waals surface area contributed by atoms with Crippen molar-refractivity contribution in [3.63, 3.8) is 0 Å². The van der Waals surface area contributed by atoms with E-state index in [2.05, 4.69) is 35.3 Å². The monoisotopic (exact) mass is 357 g/mol. The zero-order valence-corrected chi connectivity index (χ0v) is 15.5. The van der Waals surface area contributed by atoms with Crippen molar-refractivity contribution in [2.45, 2.75) is 33.2 Å². The lowest BCUT2D eigenvalue weighted by Crippen LogP contribution is -2.14. The number of aromatic nitrogens is 2. The largest absolute Gasteiger partial charge is 0.323 e. The summed E-state index contributed by atoms with van der Waals surface area (Å²) in [6.45, 7) is 6.52. The van der Waals surface area contributed by atoms with Gasteiger partial charge in [-0.05, 0) is 24.6 Å². The van der Waals surface area contributed by atoms with E-state index < -0.39 is 10.0 Å². The molecular weight excluding hydrogens is 334 g/mol. The lowest BCUT2D eigenvalue weighted by Gasteiger charge is -2.12.